The molecule has 0 spiro atoms. The van der Waals surface area contributed by atoms with Gasteiger partial charge in [-0.15, -0.1) is 11.8 Å². The summed E-state index contributed by atoms with van der Waals surface area (Å²) in [4.78, 5) is 13.9. The van der Waals surface area contributed by atoms with Crippen molar-refractivity contribution in [3.63, 3.8) is 0 Å². The maximum Gasteiger partial charge on any atom is 0.265 e. The van der Waals surface area contributed by atoms with E-state index in [0.29, 0.717) is 0 Å². The van der Waals surface area contributed by atoms with Crippen LogP contribution in [0.2, 0.25) is 0 Å². The number of carbonyl (C=O) groups is 1. The number of anilines is 1. The molecule has 3 nitrogen and oxygen atoms in total. The van der Waals surface area contributed by atoms with Crippen LogP contribution in [0.4, 0.5) is 5.69 Å². The number of ether oxygens (including phenoxy) is 1. The van der Waals surface area contributed by atoms with Crippen molar-refractivity contribution in [1.29, 1.82) is 0 Å². The number of fused-ring (bicyclic) bond motifs is 1. The monoisotopic (exact) mass is 417 g/mol. The highest BCUT2D eigenvalue weighted by molar-refractivity contribution is 7.98. The first-order chi connectivity index (χ1) is 14.7. The molecule has 0 saturated carbocycles. The van der Waals surface area contributed by atoms with Crippen LogP contribution >= 0.6 is 11.8 Å². The van der Waals surface area contributed by atoms with Crippen molar-refractivity contribution in [3.05, 3.63) is 89.5 Å². The van der Waals surface area contributed by atoms with E-state index in [1.165, 1.54) is 34.4 Å². The van der Waals surface area contributed by atoms with Crippen molar-refractivity contribution in [3.8, 4) is 5.75 Å². The van der Waals surface area contributed by atoms with Gasteiger partial charge in [0.15, 0.2) is 6.10 Å². The van der Waals surface area contributed by atoms with Gasteiger partial charge in [-0.05, 0) is 79.6 Å². The van der Waals surface area contributed by atoms with Crippen LogP contribution in [0.15, 0.2) is 77.7 Å². The highest BCUT2D eigenvalue weighted by Crippen LogP contribution is 2.30. The third kappa shape index (κ3) is 5.25. The zero-order valence-corrected chi connectivity index (χ0v) is 18.1. The Labute approximate surface area is 182 Å². The quantitative estimate of drug-likeness (QED) is 0.461. The van der Waals surface area contributed by atoms with Gasteiger partial charge in [-0.1, -0.05) is 42.5 Å². The first-order valence-corrected chi connectivity index (χ1v) is 11.5. The molecular weight excluding hydrogens is 390 g/mol. The lowest BCUT2D eigenvalue weighted by Gasteiger charge is -2.22. The summed E-state index contributed by atoms with van der Waals surface area (Å²) in [7, 11) is 0. The standard InChI is InChI=1S/C26H27NO2S/c1-19(29-25-13-7-9-21-8-5-6-12-24(21)25)26(28)27-22-16-14-20(15-17-22)18-30-23-10-3-2-4-11-23/h2-4,7,9-11,13-17,19H,5-6,8,12,18H2,1H3,(H,27,28)/t19-/m0/s1. The van der Waals surface area contributed by atoms with Gasteiger partial charge in [-0.2, -0.15) is 0 Å². The van der Waals surface area contributed by atoms with Crippen LogP contribution in [0.5, 0.6) is 5.75 Å². The van der Waals surface area contributed by atoms with E-state index in [1.807, 2.05) is 37.3 Å². The highest BCUT2D eigenvalue weighted by atomic mass is 32.2. The van der Waals surface area contributed by atoms with Crippen LogP contribution in [0.3, 0.4) is 0 Å². The van der Waals surface area contributed by atoms with Gasteiger partial charge in [-0.3, -0.25) is 4.79 Å². The lowest BCUT2D eigenvalue weighted by Crippen LogP contribution is -2.30. The minimum atomic E-state index is -0.549. The Balaban J connectivity index is 1.32. The molecule has 3 aromatic rings. The molecular formula is C26H27NO2S. The number of rotatable bonds is 7. The van der Waals surface area contributed by atoms with Gasteiger partial charge in [0.25, 0.3) is 5.91 Å². The average molecular weight is 418 g/mol. The predicted molar refractivity (Wildman–Crippen MR) is 124 cm³/mol. The largest absolute Gasteiger partial charge is 0.481 e. The van der Waals surface area contributed by atoms with Crippen molar-refractivity contribution < 1.29 is 9.53 Å². The Morgan fingerprint density at radius 2 is 1.73 bits per heavy atom. The van der Waals surface area contributed by atoms with Crippen molar-refractivity contribution in [2.24, 2.45) is 0 Å². The minimum Gasteiger partial charge on any atom is -0.481 e. The Bertz CT molecular complexity index is 986. The van der Waals surface area contributed by atoms with Crippen LogP contribution in [-0.2, 0) is 23.4 Å². The molecule has 30 heavy (non-hydrogen) atoms. The lowest BCUT2D eigenvalue weighted by atomic mass is 9.91. The van der Waals surface area contributed by atoms with Gasteiger partial charge < -0.3 is 10.1 Å². The van der Waals surface area contributed by atoms with E-state index in [0.717, 1.165) is 30.0 Å². The van der Waals surface area contributed by atoms with Crippen LogP contribution in [0.25, 0.3) is 0 Å². The Morgan fingerprint density at radius 1 is 0.967 bits per heavy atom. The fourth-order valence-electron chi connectivity index (χ4n) is 3.71. The summed E-state index contributed by atoms with van der Waals surface area (Å²) in [5.41, 5.74) is 4.64. The van der Waals surface area contributed by atoms with Gasteiger partial charge in [0.1, 0.15) is 5.75 Å². The number of hydrogen-bond donors (Lipinski definition) is 1. The van der Waals surface area contributed by atoms with Gasteiger partial charge in [0, 0.05) is 16.3 Å². The zero-order valence-electron chi connectivity index (χ0n) is 17.3. The molecule has 0 saturated heterocycles. The number of aryl methyl sites for hydroxylation is 1. The molecule has 4 rings (SSSR count). The molecule has 0 radical (unpaired) electrons. The first-order valence-electron chi connectivity index (χ1n) is 10.5. The molecule has 0 heterocycles. The number of benzene rings is 3. The first kappa shape index (κ1) is 20.5. The van der Waals surface area contributed by atoms with Crippen molar-refractivity contribution >= 4 is 23.4 Å². The number of hydrogen-bond acceptors (Lipinski definition) is 3. The minimum absolute atomic E-state index is 0.130. The summed E-state index contributed by atoms with van der Waals surface area (Å²) in [6.45, 7) is 1.81. The molecule has 0 aromatic heterocycles. The van der Waals surface area contributed by atoms with E-state index < -0.39 is 6.10 Å². The molecule has 1 aliphatic carbocycles. The molecule has 0 fully saturated rings. The predicted octanol–water partition coefficient (Wildman–Crippen LogP) is 6.26. The molecule has 0 bridgehead atoms. The number of thioether (sulfide) groups is 1. The second kappa shape index (κ2) is 9.86. The topological polar surface area (TPSA) is 38.3 Å². The summed E-state index contributed by atoms with van der Waals surface area (Å²) in [6, 6.07) is 24.6. The third-order valence-electron chi connectivity index (χ3n) is 5.40. The number of amides is 1. The van der Waals surface area contributed by atoms with E-state index in [-0.39, 0.29) is 5.91 Å². The average Bonchev–Trinajstić information content (AvgIpc) is 2.79. The molecule has 0 aliphatic heterocycles. The summed E-state index contributed by atoms with van der Waals surface area (Å²) >= 11 is 1.80. The van der Waals surface area contributed by atoms with Crippen LogP contribution < -0.4 is 10.1 Å². The van der Waals surface area contributed by atoms with Gasteiger partial charge in [0.05, 0.1) is 0 Å². The smallest absolute Gasteiger partial charge is 0.265 e. The molecule has 1 aliphatic rings. The van der Waals surface area contributed by atoms with E-state index in [4.69, 9.17) is 4.74 Å². The van der Waals surface area contributed by atoms with Crippen LogP contribution in [0.1, 0.15) is 36.5 Å². The second-order valence-corrected chi connectivity index (χ2v) is 8.70. The summed E-state index contributed by atoms with van der Waals surface area (Å²) in [5, 5.41) is 2.97. The van der Waals surface area contributed by atoms with E-state index >= 15 is 0 Å². The Morgan fingerprint density at radius 3 is 2.53 bits per heavy atom. The molecule has 0 unspecified atom stereocenters. The number of carbonyl (C=O) groups excluding carboxylic acids is 1. The molecule has 3 aromatic carbocycles. The highest BCUT2D eigenvalue weighted by Gasteiger charge is 2.19. The fourth-order valence-corrected chi connectivity index (χ4v) is 4.59. The normalized spacial score (nSPS) is 13.9. The van der Waals surface area contributed by atoms with Crippen molar-refractivity contribution in [2.75, 3.05) is 5.32 Å². The summed E-state index contributed by atoms with van der Waals surface area (Å²) in [5.74, 6) is 1.62. The summed E-state index contributed by atoms with van der Waals surface area (Å²) in [6.07, 6.45) is 3.99. The van der Waals surface area contributed by atoms with E-state index in [9.17, 15) is 4.79 Å². The van der Waals surface area contributed by atoms with E-state index in [1.54, 1.807) is 11.8 Å². The fraction of sp³-hybridized carbons (Fsp3) is 0.269. The van der Waals surface area contributed by atoms with E-state index in [2.05, 4.69) is 47.8 Å². The molecule has 1 N–H and O–H groups in total. The second-order valence-electron chi connectivity index (χ2n) is 7.65. The molecule has 1 atom stereocenters. The zero-order chi connectivity index (χ0) is 20.8. The van der Waals surface area contributed by atoms with Crippen molar-refractivity contribution in [1.82, 2.24) is 0 Å². The Kier molecular flexibility index (Phi) is 6.75. The summed E-state index contributed by atoms with van der Waals surface area (Å²) < 4.78 is 6.04. The van der Waals surface area contributed by atoms with Gasteiger partial charge in [-0.25, -0.2) is 0 Å². The molecule has 1 amide bonds. The van der Waals surface area contributed by atoms with Gasteiger partial charge >= 0.3 is 0 Å². The van der Waals surface area contributed by atoms with Crippen LogP contribution in [-0.4, -0.2) is 12.0 Å². The van der Waals surface area contributed by atoms with Crippen LogP contribution in [0, 0.1) is 0 Å². The maximum absolute atomic E-state index is 12.6. The molecule has 4 heteroatoms. The lowest BCUT2D eigenvalue weighted by molar-refractivity contribution is -0.122. The van der Waals surface area contributed by atoms with Gasteiger partial charge in [0.2, 0.25) is 0 Å². The maximum atomic E-state index is 12.6. The number of nitrogens with one attached hydrogen (secondary N) is 1. The third-order valence-corrected chi connectivity index (χ3v) is 6.48. The SMILES string of the molecule is C[C@H](Oc1cccc2c1CCCC2)C(=O)Nc1ccc(CSc2ccccc2)cc1. The Hall–Kier alpha value is -2.72. The van der Waals surface area contributed by atoms with Crippen molar-refractivity contribution in [2.45, 2.75) is 49.4 Å². The molecule has 154 valence electrons.